The molecule has 1 aliphatic rings. The summed E-state index contributed by atoms with van der Waals surface area (Å²) in [4.78, 5) is 10.8. The summed E-state index contributed by atoms with van der Waals surface area (Å²) >= 11 is 1.49. The summed E-state index contributed by atoms with van der Waals surface area (Å²) in [6.07, 6.45) is 0. The van der Waals surface area contributed by atoms with E-state index in [1.54, 1.807) is 7.11 Å². The lowest BCUT2D eigenvalue weighted by molar-refractivity contribution is 0.207. The fourth-order valence-corrected chi connectivity index (χ4v) is 5.45. The molecule has 1 fully saturated rings. The predicted molar refractivity (Wildman–Crippen MR) is 122 cm³/mol. The van der Waals surface area contributed by atoms with Gasteiger partial charge in [-0.15, -0.1) is 5.10 Å². The second kappa shape index (κ2) is 8.20. The minimum atomic E-state index is -0.136. The number of methoxy groups -OCH3 is 1. The van der Waals surface area contributed by atoms with Crippen LogP contribution in [0.3, 0.4) is 0 Å². The molecule has 0 saturated carbocycles. The van der Waals surface area contributed by atoms with E-state index < -0.39 is 0 Å². The minimum Gasteiger partial charge on any atom is -0.496 e. The maximum Gasteiger partial charge on any atom is 0.230 e. The molecule has 2 aromatic heterocycles. The third kappa shape index (κ3) is 3.62. The zero-order chi connectivity index (χ0) is 21.4. The Morgan fingerprint density at radius 3 is 2.42 bits per heavy atom. The van der Waals surface area contributed by atoms with Crippen LogP contribution in [0, 0.1) is 6.92 Å². The fraction of sp³-hybridized carbons (Fsp3) is 0.304. The van der Waals surface area contributed by atoms with Crippen LogP contribution in [-0.4, -0.2) is 57.9 Å². The average molecular weight is 436 g/mol. The Labute approximate surface area is 185 Å². The summed E-state index contributed by atoms with van der Waals surface area (Å²) in [6.45, 7) is 5.39. The molecule has 0 radical (unpaired) electrons. The molecule has 5 rings (SSSR count). The molecule has 7 nitrogen and oxygen atoms in total. The second-order valence-electron chi connectivity index (χ2n) is 7.65. The first-order chi connectivity index (χ1) is 15.2. The van der Waals surface area contributed by atoms with Crippen LogP contribution in [-0.2, 0) is 0 Å². The molecule has 1 atom stereocenters. The molecule has 0 spiro atoms. The first-order valence-electron chi connectivity index (χ1n) is 10.4. The number of hydrogen-bond donors (Lipinski definition) is 1. The summed E-state index contributed by atoms with van der Waals surface area (Å²) in [5.41, 5.74) is 2.28. The van der Waals surface area contributed by atoms with E-state index in [9.17, 15) is 5.11 Å². The van der Waals surface area contributed by atoms with E-state index in [1.807, 2.05) is 31.2 Å². The van der Waals surface area contributed by atoms with Crippen molar-refractivity contribution in [1.82, 2.24) is 19.5 Å². The van der Waals surface area contributed by atoms with Gasteiger partial charge in [0.2, 0.25) is 10.8 Å². The van der Waals surface area contributed by atoms with E-state index in [0.29, 0.717) is 10.8 Å². The van der Waals surface area contributed by atoms with Crippen LogP contribution < -0.4 is 9.64 Å². The van der Waals surface area contributed by atoms with Gasteiger partial charge in [-0.05, 0) is 25.1 Å². The first kappa shape index (κ1) is 19.8. The van der Waals surface area contributed by atoms with Crippen LogP contribution in [0.1, 0.15) is 22.3 Å². The van der Waals surface area contributed by atoms with Gasteiger partial charge in [0.1, 0.15) is 11.6 Å². The van der Waals surface area contributed by atoms with Crippen molar-refractivity contribution >= 4 is 22.0 Å². The average Bonchev–Trinajstić information content (AvgIpc) is 3.32. The van der Waals surface area contributed by atoms with Crippen molar-refractivity contribution in [3.8, 4) is 11.6 Å². The third-order valence-electron chi connectivity index (χ3n) is 5.79. The number of aromatic hydroxyl groups is 1. The van der Waals surface area contributed by atoms with Gasteiger partial charge < -0.3 is 14.7 Å². The van der Waals surface area contributed by atoms with Crippen LogP contribution in [0.15, 0.2) is 54.6 Å². The van der Waals surface area contributed by atoms with E-state index >= 15 is 0 Å². The van der Waals surface area contributed by atoms with Gasteiger partial charge in [-0.25, -0.2) is 4.98 Å². The Morgan fingerprint density at radius 1 is 1.00 bits per heavy atom. The fourth-order valence-electron chi connectivity index (χ4n) is 4.30. The van der Waals surface area contributed by atoms with E-state index in [2.05, 4.69) is 50.2 Å². The molecular weight excluding hydrogens is 410 g/mol. The van der Waals surface area contributed by atoms with Crippen molar-refractivity contribution in [2.45, 2.75) is 13.0 Å². The van der Waals surface area contributed by atoms with Crippen LogP contribution in [0.5, 0.6) is 11.6 Å². The van der Waals surface area contributed by atoms with E-state index in [-0.39, 0.29) is 11.9 Å². The van der Waals surface area contributed by atoms with Crippen molar-refractivity contribution in [2.24, 2.45) is 0 Å². The Bertz CT molecular complexity index is 1180. The van der Waals surface area contributed by atoms with E-state index in [0.717, 1.165) is 42.4 Å². The van der Waals surface area contributed by atoms with Crippen molar-refractivity contribution in [2.75, 3.05) is 38.2 Å². The number of anilines is 1. The number of hydrogen-bond acceptors (Lipinski definition) is 7. The highest BCUT2D eigenvalue weighted by molar-refractivity contribution is 7.17. The molecule has 8 heteroatoms. The zero-order valence-electron chi connectivity index (χ0n) is 17.6. The van der Waals surface area contributed by atoms with Gasteiger partial charge in [0, 0.05) is 37.4 Å². The van der Waals surface area contributed by atoms with Gasteiger partial charge in [-0.1, -0.05) is 47.7 Å². The van der Waals surface area contributed by atoms with E-state index in [1.165, 1.54) is 21.5 Å². The normalized spacial score (nSPS) is 16.0. The Balaban J connectivity index is 1.52. The number of aromatic nitrogens is 3. The van der Waals surface area contributed by atoms with Crippen molar-refractivity contribution in [3.05, 3.63) is 70.9 Å². The summed E-state index contributed by atoms with van der Waals surface area (Å²) in [6, 6.07) is 18.4. The molecule has 0 amide bonds. The Hall–Kier alpha value is -3.10. The van der Waals surface area contributed by atoms with E-state index in [4.69, 9.17) is 4.74 Å². The standard InChI is InChI=1S/C23H25N5O2S/c1-16-24-23-28(25-16)22(29)21(31-23)20(18-10-6-7-11-19(18)30-2)27-14-12-26(13-15-27)17-8-4-3-5-9-17/h3-11,20,29H,12-15H2,1-2H3/t20-/m1/s1. The SMILES string of the molecule is COc1ccccc1[C@H](c1sc2nc(C)nn2c1O)N1CCN(c2ccccc2)CC1. The molecule has 0 aliphatic carbocycles. The van der Waals surface area contributed by atoms with Gasteiger partial charge in [-0.3, -0.25) is 4.90 Å². The Morgan fingerprint density at radius 2 is 1.71 bits per heavy atom. The lowest BCUT2D eigenvalue weighted by atomic mass is 10.0. The smallest absolute Gasteiger partial charge is 0.230 e. The van der Waals surface area contributed by atoms with Gasteiger partial charge >= 0.3 is 0 Å². The van der Waals surface area contributed by atoms with Gasteiger partial charge in [0.05, 0.1) is 18.0 Å². The van der Waals surface area contributed by atoms with Crippen molar-refractivity contribution in [3.63, 3.8) is 0 Å². The number of aryl methyl sites for hydroxylation is 1. The topological polar surface area (TPSA) is 66.1 Å². The molecule has 3 heterocycles. The van der Waals surface area contributed by atoms with Crippen LogP contribution in [0.2, 0.25) is 0 Å². The highest BCUT2D eigenvalue weighted by Crippen LogP contribution is 2.43. The molecule has 0 bridgehead atoms. The maximum atomic E-state index is 11.1. The van der Waals surface area contributed by atoms with Gasteiger partial charge in [0.15, 0.2) is 0 Å². The summed E-state index contributed by atoms with van der Waals surface area (Å²) in [5, 5.41) is 15.4. The van der Waals surface area contributed by atoms with Crippen molar-refractivity contribution in [1.29, 1.82) is 0 Å². The second-order valence-corrected chi connectivity index (χ2v) is 8.66. The molecule has 160 valence electrons. The van der Waals surface area contributed by atoms with Gasteiger partial charge in [-0.2, -0.15) is 4.52 Å². The Kier molecular flexibility index (Phi) is 5.25. The lowest BCUT2D eigenvalue weighted by Gasteiger charge is -2.40. The molecule has 1 N–H and O–H groups in total. The number of ether oxygens (including phenoxy) is 1. The highest BCUT2D eigenvalue weighted by Gasteiger charge is 2.33. The van der Waals surface area contributed by atoms with Crippen LogP contribution in [0.25, 0.3) is 4.96 Å². The monoisotopic (exact) mass is 435 g/mol. The minimum absolute atomic E-state index is 0.136. The number of piperazine rings is 1. The lowest BCUT2D eigenvalue weighted by Crippen LogP contribution is -2.47. The molecular formula is C23H25N5O2S. The highest BCUT2D eigenvalue weighted by atomic mass is 32.1. The molecule has 1 aliphatic heterocycles. The van der Waals surface area contributed by atoms with Gasteiger partial charge in [0.25, 0.3) is 0 Å². The molecule has 4 aromatic rings. The molecule has 1 saturated heterocycles. The largest absolute Gasteiger partial charge is 0.496 e. The summed E-state index contributed by atoms with van der Waals surface area (Å²) < 4.78 is 7.23. The third-order valence-corrected chi connectivity index (χ3v) is 6.86. The van der Waals surface area contributed by atoms with Crippen molar-refractivity contribution < 1.29 is 9.84 Å². The summed E-state index contributed by atoms with van der Waals surface area (Å²) in [5.74, 6) is 1.62. The molecule has 31 heavy (non-hydrogen) atoms. The predicted octanol–water partition coefficient (Wildman–Crippen LogP) is 3.73. The zero-order valence-corrected chi connectivity index (χ0v) is 18.4. The summed E-state index contributed by atoms with van der Waals surface area (Å²) in [7, 11) is 1.69. The first-order valence-corrected chi connectivity index (χ1v) is 11.2. The number of thiazole rings is 1. The quantitative estimate of drug-likeness (QED) is 0.515. The maximum absolute atomic E-state index is 11.1. The number of fused-ring (bicyclic) bond motifs is 1. The van der Waals surface area contributed by atoms with Crippen LogP contribution in [0.4, 0.5) is 5.69 Å². The van der Waals surface area contributed by atoms with Crippen LogP contribution >= 0.6 is 11.3 Å². The number of rotatable bonds is 5. The number of nitrogens with zero attached hydrogens (tertiary/aromatic N) is 5. The number of benzene rings is 2. The molecule has 0 unspecified atom stereocenters. The number of para-hydroxylation sites is 2. The molecule has 2 aromatic carbocycles.